The van der Waals surface area contributed by atoms with E-state index >= 15 is 0 Å². The molecule has 124 valence electrons. The molecule has 3 aromatic rings. The van der Waals surface area contributed by atoms with Gasteiger partial charge in [0.15, 0.2) is 0 Å². The number of nitrogens with zero attached hydrogens (tertiary/aromatic N) is 2. The first-order chi connectivity index (χ1) is 11.5. The van der Waals surface area contributed by atoms with E-state index in [1.807, 2.05) is 0 Å². The number of nitrogens with one attached hydrogen (secondary N) is 1. The van der Waals surface area contributed by atoms with E-state index in [0.717, 1.165) is 5.69 Å². The fourth-order valence-electron chi connectivity index (χ4n) is 3.13. The average molecular weight is 339 g/mol. The second-order valence-corrected chi connectivity index (χ2v) is 5.61. The zero-order valence-corrected chi connectivity index (χ0v) is 12.1. The molecule has 0 bridgehead atoms. The van der Waals surface area contributed by atoms with E-state index < -0.39 is 35.0 Å². The number of aromatic amines is 1. The van der Waals surface area contributed by atoms with Crippen LogP contribution in [0.4, 0.5) is 27.6 Å². The summed E-state index contributed by atoms with van der Waals surface area (Å²) in [5, 5.41) is 0.575. The van der Waals surface area contributed by atoms with E-state index in [1.165, 1.54) is 17.0 Å². The Bertz CT molecular complexity index is 940. The average Bonchev–Trinajstić information content (AvgIpc) is 2.91. The molecule has 0 fully saturated rings. The fourth-order valence-corrected chi connectivity index (χ4v) is 3.13. The molecule has 0 saturated carbocycles. The van der Waals surface area contributed by atoms with Crippen LogP contribution >= 0.6 is 0 Å². The summed E-state index contributed by atoms with van der Waals surface area (Å²) < 4.78 is 68.1. The summed E-state index contributed by atoms with van der Waals surface area (Å²) in [6.07, 6.45) is 0.371. The lowest BCUT2D eigenvalue weighted by Gasteiger charge is -2.29. The quantitative estimate of drug-likeness (QED) is 0.540. The topological polar surface area (TPSA) is 31.9 Å². The van der Waals surface area contributed by atoms with E-state index in [4.69, 9.17) is 0 Å². The Kier molecular flexibility index (Phi) is 3.22. The molecule has 0 saturated heterocycles. The third-order valence-electron chi connectivity index (χ3n) is 4.23. The van der Waals surface area contributed by atoms with Crippen LogP contribution in [0.1, 0.15) is 11.3 Å². The van der Waals surface area contributed by atoms with Crippen LogP contribution in [-0.2, 0) is 13.0 Å². The molecular weight excluding hydrogens is 329 g/mol. The molecule has 0 aliphatic carbocycles. The number of hydrogen-bond donors (Lipinski definition) is 1. The molecule has 0 unspecified atom stereocenters. The molecular formula is C16H10F5N3. The number of H-pyrrole nitrogens is 1. The summed E-state index contributed by atoms with van der Waals surface area (Å²) in [7, 11) is 0. The third-order valence-corrected chi connectivity index (χ3v) is 4.23. The van der Waals surface area contributed by atoms with Crippen molar-refractivity contribution in [1.29, 1.82) is 0 Å². The minimum Gasteiger partial charge on any atom is -0.362 e. The Balaban J connectivity index is 1.83. The highest BCUT2D eigenvalue weighted by molar-refractivity contribution is 5.85. The highest BCUT2D eigenvalue weighted by Crippen LogP contribution is 2.33. The van der Waals surface area contributed by atoms with Crippen molar-refractivity contribution in [2.45, 2.75) is 13.0 Å². The lowest BCUT2D eigenvalue weighted by Crippen LogP contribution is -2.32. The number of fused-ring (bicyclic) bond motifs is 3. The zero-order chi connectivity index (χ0) is 17.0. The minimum absolute atomic E-state index is 0.00444. The maximum atomic E-state index is 14.0. The number of aromatic nitrogens is 2. The van der Waals surface area contributed by atoms with E-state index in [-0.39, 0.29) is 13.1 Å². The molecule has 24 heavy (non-hydrogen) atoms. The molecule has 0 amide bonds. The lowest BCUT2D eigenvalue weighted by atomic mass is 10.0. The molecule has 1 aliphatic rings. The number of hydrogen-bond acceptors (Lipinski definition) is 2. The van der Waals surface area contributed by atoms with E-state index in [0.29, 0.717) is 22.9 Å². The first-order valence-electron chi connectivity index (χ1n) is 7.19. The lowest BCUT2D eigenvalue weighted by molar-refractivity contribution is 0.404. The van der Waals surface area contributed by atoms with Gasteiger partial charge < -0.3 is 9.88 Å². The SMILES string of the molecule is Fc1ccc2[nH]c3c(c2c1)CN(c1c(F)c(F)nc(F)c1F)CC3. The number of benzene rings is 1. The molecule has 0 radical (unpaired) electrons. The van der Waals surface area contributed by atoms with Crippen LogP contribution in [0, 0.1) is 29.3 Å². The van der Waals surface area contributed by atoms with Crippen LogP contribution in [0.3, 0.4) is 0 Å². The van der Waals surface area contributed by atoms with Gasteiger partial charge in [0, 0.05) is 41.7 Å². The van der Waals surface area contributed by atoms with Gasteiger partial charge in [0.1, 0.15) is 11.5 Å². The van der Waals surface area contributed by atoms with Crippen molar-refractivity contribution in [2.24, 2.45) is 0 Å². The second-order valence-electron chi connectivity index (χ2n) is 5.61. The minimum atomic E-state index is -1.69. The summed E-state index contributed by atoms with van der Waals surface area (Å²) in [6, 6.07) is 4.18. The molecule has 3 nitrogen and oxygen atoms in total. The Hall–Kier alpha value is -2.64. The van der Waals surface area contributed by atoms with Crippen molar-refractivity contribution in [2.75, 3.05) is 11.4 Å². The van der Waals surface area contributed by atoms with E-state index in [9.17, 15) is 22.0 Å². The summed E-state index contributed by atoms with van der Waals surface area (Å²) in [5.74, 6) is -6.91. The van der Waals surface area contributed by atoms with Crippen molar-refractivity contribution in [3.63, 3.8) is 0 Å². The summed E-state index contributed by atoms with van der Waals surface area (Å²) in [4.78, 5) is 6.88. The first-order valence-corrected chi connectivity index (χ1v) is 7.19. The molecule has 1 N–H and O–H groups in total. The Morgan fingerprint density at radius 1 is 1.00 bits per heavy atom. The predicted octanol–water partition coefficient (Wildman–Crippen LogP) is 3.82. The maximum absolute atomic E-state index is 14.0. The smallest absolute Gasteiger partial charge is 0.253 e. The predicted molar refractivity (Wildman–Crippen MR) is 77.1 cm³/mol. The Morgan fingerprint density at radius 3 is 2.42 bits per heavy atom. The molecule has 8 heteroatoms. The van der Waals surface area contributed by atoms with Gasteiger partial charge in [-0.05, 0) is 18.2 Å². The zero-order valence-electron chi connectivity index (χ0n) is 12.1. The van der Waals surface area contributed by atoms with Crippen LogP contribution < -0.4 is 4.90 Å². The normalized spacial score (nSPS) is 14.3. The van der Waals surface area contributed by atoms with E-state index in [2.05, 4.69) is 9.97 Å². The van der Waals surface area contributed by atoms with Crippen LogP contribution in [0.25, 0.3) is 10.9 Å². The molecule has 2 aromatic heterocycles. The van der Waals surface area contributed by atoms with Gasteiger partial charge in [0.2, 0.25) is 11.6 Å². The first kappa shape index (κ1) is 14.9. The molecule has 4 rings (SSSR count). The van der Waals surface area contributed by atoms with Crippen molar-refractivity contribution in [1.82, 2.24) is 9.97 Å². The summed E-state index contributed by atoms with van der Waals surface area (Å²) in [6.45, 7) is 0.147. The molecule has 1 aliphatic heterocycles. The molecule has 3 heterocycles. The van der Waals surface area contributed by atoms with Crippen LogP contribution in [0.15, 0.2) is 18.2 Å². The van der Waals surface area contributed by atoms with Crippen LogP contribution in [0.5, 0.6) is 0 Å². The van der Waals surface area contributed by atoms with Crippen LogP contribution in [-0.4, -0.2) is 16.5 Å². The Morgan fingerprint density at radius 2 is 1.71 bits per heavy atom. The number of halogens is 5. The monoisotopic (exact) mass is 339 g/mol. The summed E-state index contributed by atoms with van der Waals surface area (Å²) >= 11 is 0. The molecule has 0 atom stereocenters. The third kappa shape index (κ3) is 2.13. The van der Waals surface area contributed by atoms with Gasteiger partial charge >= 0.3 is 0 Å². The standard InChI is InChI=1S/C16H10F5N3/c17-7-1-2-10-8(5-7)9-6-24(4-3-11(9)22-10)14-12(18)15(20)23-16(21)13(14)19/h1-2,5,22H,3-4,6H2. The van der Waals surface area contributed by atoms with Crippen molar-refractivity contribution >= 4 is 16.6 Å². The van der Waals surface area contributed by atoms with Crippen molar-refractivity contribution in [3.05, 3.63) is 58.8 Å². The van der Waals surface area contributed by atoms with Crippen molar-refractivity contribution < 1.29 is 22.0 Å². The highest BCUT2D eigenvalue weighted by Gasteiger charge is 2.29. The van der Waals surface area contributed by atoms with Gasteiger partial charge in [-0.15, -0.1) is 0 Å². The molecule has 0 spiro atoms. The van der Waals surface area contributed by atoms with Gasteiger partial charge in [-0.1, -0.05) is 0 Å². The number of rotatable bonds is 1. The summed E-state index contributed by atoms with van der Waals surface area (Å²) in [5.41, 5.74) is 1.35. The van der Waals surface area contributed by atoms with Gasteiger partial charge in [-0.2, -0.15) is 22.5 Å². The van der Waals surface area contributed by atoms with Gasteiger partial charge in [0.05, 0.1) is 0 Å². The van der Waals surface area contributed by atoms with E-state index in [1.54, 1.807) is 6.07 Å². The largest absolute Gasteiger partial charge is 0.362 e. The number of pyridine rings is 1. The highest BCUT2D eigenvalue weighted by atomic mass is 19.2. The van der Waals surface area contributed by atoms with Crippen LogP contribution in [0.2, 0.25) is 0 Å². The number of anilines is 1. The second kappa shape index (κ2) is 5.19. The van der Waals surface area contributed by atoms with Crippen molar-refractivity contribution in [3.8, 4) is 0 Å². The molecule has 1 aromatic carbocycles. The van der Waals surface area contributed by atoms with Gasteiger partial charge in [-0.25, -0.2) is 4.39 Å². The fraction of sp³-hybridized carbons (Fsp3) is 0.188. The Labute approximate surface area is 132 Å². The van der Waals surface area contributed by atoms with Gasteiger partial charge in [0.25, 0.3) is 11.9 Å². The maximum Gasteiger partial charge on any atom is 0.253 e. The van der Waals surface area contributed by atoms with Gasteiger partial charge in [-0.3, -0.25) is 0 Å².